The van der Waals surface area contributed by atoms with Crippen molar-refractivity contribution in [2.24, 2.45) is 10.9 Å². The summed E-state index contributed by atoms with van der Waals surface area (Å²) < 4.78 is 3.15. The number of ketones is 1. The van der Waals surface area contributed by atoms with Gasteiger partial charge in [0, 0.05) is 36.7 Å². The average molecular weight is 450 g/mol. The van der Waals surface area contributed by atoms with E-state index >= 15 is 0 Å². The third kappa shape index (κ3) is 3.29. The highest BCUT2D eigenvalue weighted by Crippen LogP contribution is 2.28. The van der Waals surface area contributed by atoms with E-state index in [1.165, 1.54) is 4.57 Å². The minimum Gasteiger partial charge on any atom is -0.411 e. The zero-order valence-corrected chi connectivity index (χ0v) is 17.5. The Balaban J connectivity index is 0.000000139. The molecule has 0 bridgehead atoms. The van der Waals surface area contributed by atoms with Gasteiger partial charge >= 0.3 is 11.4 Å². The zero-order valence-electron chi connectivity index (χ0n) is 17.5. The molecule has 33 heavy (non-hydrogen) atoms. The molecule has 0 fully saturated rings. The second kappa shape index (κ2) is 7.87. The lowest BCUT2D eigenvalue weighted by Crippen LogP contribution is -2.28. The summed E-state index contributed by atoms with van der Waals surface area (Å²) in [6, 6.07) is 10.2. The zero-order chi connectivity index (χ0) is 23.3. The predicted octanol–water partition coefficient (Wildman–Crippen LogP) is 0.840. The van der Waals surface area contributed by atoms with Gasteiger partial charge in [0.2, 0.25) is 5.78 Å². The van der Waals surface area contributed by atoms with Crippen molar-refractivity contribution in [2.45, 2.75) is 38.1 Å². The van der Waals surface area contributed by atoms with Crippen LogP contribution < -0.4 is 17.1 Å². The summed E-state index contributed by atoms with van der Waals surface area (Å²) >= 11 is 0. The largest absolute Gasteiger partial charge is 0.411 e. The maximum absolute atomic E-state index is 12.0. The van der Waals surface area contributed by atoms with E-state index in [4.69, 9.17) is 10.9 Å². The molecule has 0 saturated carbocycles. The number of H-pyrrole nitrogens is 2. The number of aromatic amines is 2. The molecule has 2 atom stereocenters. The lowest BCUT2D eigenvalue weighted by Gasteiger charge is -2.15. The number of nitrogens with zero attached hydrogens (tertiary/aromatic N) is 3. The topological polar surface area (TPSA) is 171 Å². The van der Waals surface area contributed by atoms with Crippen LogP contribution in [0.1, 0.15) is 34.9 Å². The summed E-state index contributed by atoms with van der Waals surface area (Å²) in [5, 5.41) is 21.9. The molecule has 0 saturated heterocycles. The van der Waals surface area contributed by atoms with Crippen molar-refractivity contribution in [1.82, 2.24) is 19.1 Å². The minimum absolute atomic E-state index is 0.0839. The number of aryl methyl sites for hydroxylation is 2. The second-order valence-electron chi connectivity index (χ2n) is 8.13. The molecule has 4 heterocycles. The molecule has 2 aliphatic rings. The Morgan fingerprint density at radius 2 is 1.58 bits per heavy atom. The fourth-order valence-electron chi connectivity index (χ4n) is 4.56. The van der Waals surface area contributed by atoms with Crippen LogP contribution >= 0.6 is 0 Å². The van der Waals surface area contributed by atoms with E-state index in [1.807, 2.05) is 18.2 Å². The van der Waals surface area contributed by atoms with Crippen molar-refractivity contribution < 1.29 is 15.1 Å². The number of carbonyl (C=O) groups excluding carboxylic acids is 1. The molecule has 2 aromatic heterocycles. The number of imidazole rings is 2. The number of para-hydroxylation sites is 2. The lowest BCUT2D eigenvalue weighted by atomic mass is 10.0. The molecule has 0 radical (unpaired) electrons. The van der Waals surface area contributed by atoms with Crippen LogP contribution in [0.3, 0.4) is 0 Å². The van der Waals surface area contributed by atoms with Crippen molar-refractivity contribution in [3.8, 4) is 0 Å². The fourth-order valence-corrected chi connectivity index (χ4v) is 4.56. The molecule has 11 nitrogen and oxygen atoms in total. The van der Waals surface area contributed by atoms with Crippen LogP contribution in [0.4, 0.5) is 0 Å². The van der Waals surface area contributed by atoms with Crippen LogP contribution in [0, 0.1) is 0 Å². The van der Waals surface area contributed by atoms with E-state index in [-0.39, 0.29) is 35.3 Å². The maximum Gasteiger partial charge on any atom is 0.326 e. The van der Waals surface area contributed by atoms with Gasteiger partial charge in [0.05, 0.1) is 28.2 Å². The number of aliphatic hydroxyl groups excluding tert-OH is 1. The third-order valence-corrected chi connectivity index (χ3v) is 6.23. The van der Waals surface area contributed by atoms with Gasteiger partial charge in [-0.2, -0.15) is 0 Å². The number of carbonyl (C=O) groups is 1. The van der Waals surface area contributed by atoms with Crippen LogP contribution in [-0.2, 0) is 13.1 Å². The van der Waals surface area contributed by atoms with Crippen LogP contribution in [0.5, 0.6) is 0 Å². The Hall–Kier alpha value is -3.96. The smallest absolute Gasteiger partial charge is 0.326 e. The van der Waals surface area contributed by atoms with Crippen LogP contribution in [0.25, 0.3) is 22.1 Å². The van der Waals surface area contributed by atoms with E-state index < -0.39 is 6.10 Å². The SMILES string of the molecule is N[C@@H]1CCn2c(=O)[nH]c3cccc(c32)[C@H]1O.O=C1/C(=N/O)CCn2c(=O)[nH]c3cccc1c32. The molecule has 6 N–H and O–H groups in total. The number of Topliss-reactive ketones (excluding diaryl/α,β-unsaturated/α-hetero) is 1. The Kier molecular flexibility index (Phi) is 4.99. The quantitative estimate of drug-likeness (QED) is 0.196. The highest BCUT2D eigenvalue weighted by atomic mass is 16.4. The summed E-state index contributed by atoms with van der Waals surface area (Å²) in [5.74, 6) is -0.330. The van der Waals surface area contributed by atoms with Crippen molar-refractivity contribution in [2.75, 3.05) is 0 Å². The van der Waals surface area contributed by atoms with Crippen LogP contribution in [0.15, 0.2) is 51.1 Å². The number of hydrogen-bond acceptors (Lipinski definition) is 7. The first kappa shape index (κ1) is 20.9. The number of oxime groups is 1. The first-order valence-electron chi connectivity index (χ1n) is 10.5. The predicted molar refractivity (Wildman–Crippen MR) is 121 cm³/mol. The summed E-state index contributed by atoms with van der Waals surface area (Å²) in [5.41, 5.74) is 9.45. The molecule has 170 valence electrons. The summed E-state index contributed by atoms with van der Waals surface area (Å²) in [7, 11) is 0. The molecule has 0 spiro atoms. The van der Waals surface area contributed by atoms with Gasteiger partial charge < -0.3 is 26.0 Å². The van der Waals surface area contributed by atoms with Crippen LogP contribution in [-0.4, -0.2) is 47.0 Å². The highest BCUT2D eigenvalue weighted by molar-refractivity contribution is 6.47. The molecule has 2 aliphatic heterocycles. The first-order valence-corrected chi connectivity index (χ1v) is 10.5. The van der Waals surface area contributed by atoms with Gasteiger partial charge in [0.15, 0.2) is 0 Å². The molecule has 0 aliphatic carbocycles. The monoisotopic (exact) mass is 450 g/mol. The van der Waals surface area contributed by atoms with Gasteiger partial charge in [-0.25, -0.2) is 9.59 Å². The Morgan fingerprint density at radius 1 is 0.939 bits per heavy atom. The number of nitrogens with one attached hydrogen (secondary N) is 2. The number of rotatable bonds is 0. The van der Waals surface area contributed by atoms with Crippen LogP contribution in [0.2, 0.25) is 0 Å². The molecule has 0 unspecified atom stereocenters. The number of nitrogens with two attached hydrogens (primary N) is 1. The maximum atomic E-state index is 12.0. The lowest BCUT2D eigenvalue weighted by molar-refractivity contribution is 0.106. The van der Waals surface area contributed by atoms with E-state index in [9.17, 15) is 19.5 Å². The summed E-state index contributed by atoms with van der Waals surface area (Å²) in [6.07, 6.45) is 0.146. The Labute approximate surface area is 185 Å². The Morgan fingerprint density at radius 3 is 2.27 bits per heavy atom. The minimum atomic E-state index is -0.701. The number of benzene rings is 2. The summed E-state index contributed by atoms with van der Waals surface area (Å²) in [4.78, 5) is 40.9. The highest BCUT2D eigenvalue weighted by Gasteiger charge is 2.26. The number of hydrogen-bond donors (Lipinski definition) is 5. The molecule has 11 heteroatoms. The average Bonchev–Trinajstić information content (AvgIpc) is 3.21. The normalized spacial score (nSPS) is 21.0. The fraction of sp³-hybridized carbons (Fsp3) is 0.273. The standard InChI is InChI=1S/C11H9N3O3.C11H13N3O2/c15-10-6-2-1-3-7-9(6)14(11(16)12-7)5-4-8(10)13-17;12-7-4-5-14-9-6(10(7)15)2-1-3-8(9)13-11(14)16/h1-3,17H,4-5H2,(H,12,16);1-3,7,10,15H,4-5,12H2,(H,13,16)/b13-8+;/t;7-,10-/m.1/s1. The van der Waals surface area contributed by atoms with Crippen molar-refractivity contribution in [1.29, 1.82) is 0 Å². The first-order chi connectivity index (χ1) is 15.9. The van der Waals surface area contributed by atoms with Crippen molar-refractivity contribution in [3.05, 3.63) is 68.5 Å². The van der Waals surface area contributed by atoms with Gasteiger partial charge in [-0.05, 0) is 24.6 Å². The van der Waals surface area contributed by atoms with Gasteiger partial charge in [0.1, 0.15) is 5.71 Å². The van der Waals surface area contributed by atoms with E-state index in [0.717, 1.165) is 16.6 Å². The Bertz CT molecular complexity index is 1540. The van der Waals surface area contributed by atoms with E-state index in [2.05, 4.69) is 15.1 Å². The van der Waals surface area contributed by atoms with E-state index in [1.54, 1.807) is 22.8 Å². The second-order valence-corrected chi connectivity index (χ2v) is 8.13. The summed E-state index contributed by atoms with van der Waals surface area (Å²) in [6.45, 7) is 0.884. The van der Waals surface area contributed by atoms with Crippen molar-refractivity contribution >= 4 is 33.6 Å². The van der Waals surface area contributed by atoms with Gasteiger partial charge in [-0.1, -0.05) is 23.4 Å². The number of aromatic nitrogens is 4. The molecule has 2 aromatic carbocycles. The van der Waals surface area contributed by atoms with Crippen molar-refractivity contribution in [3.63, 3.8) is 0 Å². The third-order valence-electron chi connectivity index (χ3n) is 6.23. The molecule has 6 rings (SSSR count). The van der Waals surface area contributed by atoms with E-state index in [0.29, 0.717) is 36.1 Å². The molecular formula is C22H22N6O5. The molecular weight excluding hydrogens is 428 g/mol. The van der Waals surface area contributed by atoms with Gasteiger partial charge in [-0.15, -0.1) is 0 Å². The van der Waals surface area contributed by atoms with Gasteiger partial charge in [-0.3, -0.25) is 13.9 Å². The number of aliphatic hydroxyl groups is 1. The van der Waals surface area contributed by atoms with Gasteiger partial charge in [0.25, 0.3) is 0 Å². The molecule has 0 amide bonds. The molecule has 4 aromatic rings.